The first-order valence-corrected chi connectivity index (χ1v) is 7.71. The van der Waals surface area contributed by atoms with Gasteiger partial charge in [0.2, 0.25) is 5.91 Å². The second-order valence-corrected chi connectivity index (χ2v) is 5.69. The molecule has 1 aliphatic rings. The van der Waals surface area contributed by atoms with Gasteiger partial charge in [-0.15, -0.1) is 0 Å². The van der Waals surface area contributed by atoms with Crippen molar-refractivity contribution in [2.75, 3.05) is 19.8 Å². The van der Waals surface area contributed by atoms with E-state index < -0.39 is 5.97 Å². The van der Waals surface area contributed by atoms with Gasteiger partial charge in [0, 0.05) is 25.7 Å². The number of benzene rings is 1. The Bertz CT molecular complexity index is 523. The monoisotopic (exact) mass is 305 g/mol. The van der Waals surface area contributed by atoms with Crippen LogP contribution in [0.1, 0.15) is 30.4 Å². The molecule has 0 bridgehead atoms. The highest BCUT2D eigenvalue weighted by Crippen LogP contribution is 2.17. The first-order chi connectivity index (χ1) is 10.6. The lowest BCUT2D eigenvalue weighted by Gasteiger charge is -2.33. The maximum atomic E-state index is 12.5. The second-order valence-electron chi connectivity index (χ2n) is 5.69. The Kier molecular flexibility index (Phi) is 5.95. The lowest BCUT2D eigenvalue weighted by molar-refractivity contribution is -0.147. The minimum Gasteiger partial charge on any atom is -0.480 e. The molecule has 0 atom stereocenters. The Balaban J connectivity index is 1.98. The molecule has 1 N–H and O–H groups in total. The second kappa shape index (κ2) is 7.94. The fraction of sp³-hybridized carbons (Fsp3) is 0.529. The summed E-state index contributed by atoms with van der Waals surface area (Å²) in [7, 11) is 0. The fourth-order valence-corrected chi connectivity index (χ4v) is 2.84. The first kappa shape index (κ1) is 16.5. The van der Waals surface area contributed by atoms with E-state index in [0.29, 0.717) is 38.9 Å². The van der Waals surface area contributed by atoms with Crippen molar-refractivity contribution in [2.45, 2.75) is 38.6 Å². The summed E-state index contributed by atoms with van der Waals surface area (Å²) < 4.78 is 5.29. The SMILES string of the molecule is Cc1ccccc1CCC(=O)N(CC(=O)O)C1CCOCC1. The quantitative estimate of drug-likeness (QED) is 0.873. The number of hydrogen-bond acceptors (Lipinski definition) is 3. The summed E-state index contributed by atoms with van der Waals surface area (Å²) in [5.41, 5.74) is 2.30. The van der Waals surface area contributed by atoms with Gasteiger partial charge in [-0.05, 0) is 37.3 Å². The van der Waals surface area contributed by atoms with Crippen molar-refractivity contribution in [1.29, 1.82) is 0 Å². The molecule has 5 nitrogen and oxygen atoms in total. The van der Waals surface area contributed by atoms with E-state index in [-0.39, 0.29) is 18.5 Å². The summed E-state index contributed by atoms with van der Waals surface area (Å²) in [5.74, 6) is -1.05. The third kappa shape index (κ3) is 4.56. The summed E-state index contributed by atoms with van der Waals surface area (Å²) in [6, 6.07) is 7.94. The maximum absolute atomic E-state index is 12.5. The predicted octanol–water partition coefficient (Wildman–Crippen LogP) is 2.02. The number of rotatable bonds is 6. The van der Waals surface area contributed by atoms with Gasteiger partial charge in [0.1, 0.15) is 6.54 Å². The van der Waals surface area contributed by atoms with Crippen molar-refractivity contribution in [2.24, 2.45) is 0 Å². The average Bonchev–Trinajstić information content (AvgIpc) is 2.52. The van der Waals surface area contributed by atoms with Crippen LogP contribution in [0.15, 0.2) is 24.3 Å². The van der Waals surface area contributed by atoms with E-state index in [1.54, 1.807) is 0 Å². The molecule has 1 aromatic rings. The summed E-state index contributed by atoms with van der Waals surface area (Å²) in [5, 5.41) is 9.07. The summed E-state index contributed by atoms with van der Waals surface area (Å²) in [6.45, 7) is 2.97. The van der Waals surface area contributed by atoms with Gasteiger partial charge in [0.05, 0.1) is 0 Å². The highest BCUT2D eigenvalue weighted by Gasteiger charge is 2.27. The van der Waals surface area contributed by atoms with E-state index in [4.69, 9.17) is 9.84 Å². The number of aryl methyl sites for hydroxylation is 2. The van der Waals surface area contributed by atoms with Gasteiger partial charge in [0.15, 0.2) is 0 Å². The molecule has 22 heavy (non-hydrogen) atoms. The van der Waals surface area contributed by atoms with E-state index in [0.717, 1.165) is 11.1 Å². The standard InChI is InChI=1S/C17H23NO4/c1-13-4-2-3-5-14(13)6-7-16(19)18(12-17(20)21)15-8-10-22-11-9-15/h2-5,15H,6-12H2,1H3,(H,20,21). The fourth-order valence-electron chi connectivity index (χ4n) is 2.84. The molecular formula is C17H23NO4. The van der Waals surface area contributed by atoms with E-state index in [1.807, 2.05) is 31.2 Å². The molecule has 1 amide bonds. The van der Waals surface area contributed by atoms with Crippen molar-refractivity contribution in [1.82, 2.24) is 4.90 Å². The number of carboxylic acids is 1. The predicted molar refractivity (Wildman–Crippen MR) is 82.7 cm³/mol. The number of nitrogens with zero attached hydrogens (tertiary/aromatic N) is 1. The summed E-state index contributed by atoms with van der Waals surface area (Å²) in [4.78, 5) is 25.1. The number of carbonyl (C=O) groups excluding carboxylic acids is 1. The molecule has 120 valence electrons. The van der Waals surface area contributed by atoms with Crippen LogP contribution in [-0.4, -0.2) is 47.7 Å². The van der Waals surface area contributed by atoms with Crippen LogP contribution in [0.25, 0.3) is 0 Å². The van der Waals surface area contributed by atoms with Crippen LogP contribution in [0, 0.1) is 6.92 Å². The number of amides is 1. The number of hydrogen-bond donors (Lipinski definition) is 1. The lowest BCUT2D eigenvalue weighted by atomic mass is 10.0. The molecule has 1 aliphatic heterocycles. The molecule has 0 unspecified atom stereocenters. The molecule has 0 aliphatic carbocycles. The molecule has 0 radical (unpaired) electrons. The maximum Gasteiger partial charge on any atom is 0.323 e. The van der Waals surface area contributed by atoms with Gasteiger partial charge < -0.3 is 14.7 Å². The van der Waals surface area contributed by atoms with Crippen LogP contribution < -0.4 is 0 Å². The summed E-state index contributed by atoms with van der Waals surface area (Å²) in [6.07, 6.45) is 2.41. The lowest BCUT2D eigenvalue weighted by Crippen LogP contribution is -2.46. The minimum atomic E-state index is -0.962. The van der Waals surface area contributed by atoms with Crippen LogP contribution in [0.5, 0.6) is 0 Å². The van der Waals surface area contributed by atoms with Crippen LogP contribution in [0.3, 0.4) is 0 Å². The van der Waals surface area contributed by atoms with Gasteiger partial charge in [-0.25, -0.2) is 0 Å². The Hall–Kier alpha value is -1.88. The average molecular weight is 305 g/mol. The van der Waals surface area contributed by atoms with E-state index in [9.17, 15) is 9.59 Å². The zero-order valence-electron chi connectivity index (χ0n) is 13.0. The first-order valence-electron chi connectivity index (χ1n) is 7.71. The van der Waals surface area contributed by atoms with Crippen molar-refractivity contribution >= 4 is 11.9 Å². The van der Waals surface area contributed by atoms with Crippen molar-refractivity contribution in [3.05, 3.63) is 35.4 Å². The Morgan fingerprint density at radius 3 is 2.59 bits per heavy atom. The van der Waals surface area contributed by atoms with Gasteiger partial charge >= 0.3 is 5.97 Å². The smallest absolute Gasteiger partial charge is 0.323 e. The van der Waals surface area contributed by atoms with Crippen LogP contribution >= 0.6 is 0 Å². The third-order valence-electron chi connectivity index (χ3n) is 4.13. The van der Waals surface area contributed by atoms with E-state index in [2.05, 4.69) is 0 Å². The van der Waals surface area contributed by atoms with Crippen LogP contribution in [0.2, 0.25) is 0 Å². The van der Waals surface area contributed by atoms with E-state index in [1.165, 1.54) is 4.90 Å². The van der Waals surface area contributed by atoms with Crippen LogP contribution in [0.4, 0.5) is 0 Å². The Labute approximate surface area is 130 Å². The molecule has 1 aromatic carbocycles. The van der Waals surface area contributed by atoms with E-state index >= 15 is 0 Å². The number of aliphatic carboxylic acids is 1. The largest absolute Gasteiger partial charge is 0.480 e. The van der Waals surface area contributed by atoms with Crippen LogP contribution in [-0.2, 0) is 20.7 Å². The number of carbonyl (C=O) groups is 2. The molecule has 1 saturated heterocycles. The normalized spacial score (nSPS) is 15.5. The van der Waals surface area contributed by atoms with Crippen molar-refractivity contribution in [3.8, 4) is 0 Å². The number of ether oxygens (including phenoxy) is 1. The Morgan fingerprint density at radius 2 is 1.95 bits per heavy atom. The molecule has 1 heterocycles. The van der Waals surface area contributed by atoms with Gasteiger partial charge in [-0.1, -0.05) is 24.3 Å². The van der Waals surface area contributed by atoms with Gasteiger partial charge in [0.25, 0.3) is 0 Å². The van der Waals surface area contributed by atoms with Crippen molar-refractivity contribution < 1.29 is 19.4 Å². The highest BCUT2D eigenvalue weighted by molar-refractivity contribution is 5.81. The number of carboxylic acid groups (broad SMARTS) is 1. The van der Waals surface area contributed by atoms with Gasteiger partial charge in [-0.3, -0.25) is 9.59 Å². The molecule has 1 fully saturated rings. The Morgan fingerprint density at radius 1 is 1.27 bits per heavy atom. The zero-order chi connectivity index (χ0) is 15.9. The molecule has 0 saturated carbocycles. The third-order valence-corrected chi connectivity index (χ3v) is 4.13. The van der Waals surface area contributed by atoms with Crippen molar-refractivity contribution in [3.63, 3.8) is 0 Å². The highest BCUT2D eigenvalue weighted by atomic mass is 16.5. The summed E-state index contributed by atoms with van der Waals surface area (Å²) >= 11 is 0. The van der Waals surface area contributed by atoms with Gasteiger partial charge in [-0.2, -0.15) is 0 Å². The molecule has 0 spiro atoms. The molecule has 5 heteroatoms. The zero-order valence-corrected chi connectivity index (χ0v) is 13.0. The molecule has 2 rings (SSSR count). The molecular weight excluding hydrogens is 282 g/mol. The molecule has 0 aromatic heterocycles. The minimum absolute atomic E-state index is 0.0192. The topological polar surface area (TPSA) is 66.8 Å².